The van der Waals surface area contributed by atoms with E-state index in [1.54, 1.807) is 0 Å². The second kappa shape index (κ2) is 5.76. The molecule has 0 aliphatic rings. The number of hydrogen-bond donors (Lipinski definition) is 1. The van der Waals surface area contributed by atoms with Crippen molar-refractivity contribution in [1.82, 2.24) is 4.98 Å². The molecule has 0 aromatic carbocycles. The molecule has 0 radical (unpaired) electrons. The highest BCUT2D eigenvalue weighted by Crippen LogP contribution is 2.22. The summed E-state index contributed by atoms with van der Waals surface area (Å²) in [6, 6.07) is 6.42. The lowest BCUT2D eigenvalue weighted by atomic mass is 9.94. The Balaban J connectivity index is 2.54. The van der Waals surface area contributed by atoms with E-state index in [1.165, 1.54) is 5.69 Å². The molecule has 0 saturated carbocycles. The normalized spacial score (nSPS) is 15.1. The minimum Gasteiger partial charge on any atom is -0.328 e. The molecule has 1 heterocycles. The summed E-state index contributed by atoms with van der Waals surface area (Å²) < 4.78 is 0. The molecule has 2 nitrogen and oxygen atoms in total. The lowest BCUT2D eigenvalue weighted by Gasteiger charge is -2.15. The average Bonchev–Trinajstić information content (AvgIpc) is 2.20. The van der Waals surface area contributed by atoms with Gasteiger partial charge in [-0.1, -0.05) is 13.0 Å². The lowest BCUT2D eigenvalue weighted by molar-refractivity contribution is 0.524. The van der Waals surface area contributed by atoms with Gasteiger partial charge in [-0.05, 0) is 38.3 Å². The van der Waals surface area contributed by atoms with Crippen molar-refractivity contribution in [1.29, 1.82) is 0 Å². The van der Waals surface area contributed by atoms with Gasteiger partial charge in [0.05, 0.1) is 0 Å². The van der Waals surface area contributed by atoms with Crippen LogP contribution in [0.4, 0.5) is 0 Å². The molecule has 0 amide bonds. The second-order valence-electron chi connectivity index (χ2n) is 3.91. The van der Waals surface area contributed by atoms with E-state index in [4.69, 9.17) is 5.73 Å². The number of pyridine rings is 1. The van der Waals surface area contributed by atoms with E-state index in [0.29, 0.717) is 12.0 Å². The quantitative estimate of drug-likeness (QED) is 0.779. The molecule has 0 aliphatic heterocycles. The van der Waals surface area contributed by atoms with Gasteiger partial charge >= 0.3 is 0 Å². The van der Waals surface area contributed by atoms with Crippen LogP contribution in [-0.2, 0) is 0 Å². The van der Waals surface area contributed by atoms with Crippen LogP contribution in [0.3, 0.4) is 0 Å². The van der Waals surface area contributed by atoms with Crippen molar-refractivity contribution >= 4 is 0 Å². The molecule has 1 rings (SSSR count). The van der Waals surface area contributed by atoms with Gasteiger partial charge in [-0.2, -0.15) is 0 Å². The summed E-state index contributed by atoms with van der Waals surface area (Å²) in [4.78, 5) is 4.39. The maximum absolute atomic E-state index is 5.75. The van der Waals surface area contributed by atoms with Gasteiger partial charge in [0.15, 0.2) is 0 Å². The highest BCUT2D eigenvalue weighted by Gasteiger charge is 2.10. The molecule has 2 heteroatoms. The first-order chi connectivity index (χ1) is 6.74. The van der Waals surface area contributed by atoms with Crippen molar-refractivity contribution in [2.24, 2.45) is 5.73 Å². The van der Waals surface area contributed by atoms with Crippen LogP contribution in [0.25, 0.3) is 0 Å². The van der Waals surface area contributed by atoms with Crippen LogP contribution in [0, 0.1) is 0 Å². The monoisotopic (exact) mass is 192 g/mol. The SMILES string of the molecule is CCC(CCC(C)N)c1ccccn1. The average molecular weight is 192 g/mol. The third kappa shape index (κ3) is 3.46. The summed E-state index contributed by atoms with van der Waals surface area (Å²) >= 11 is 0. The Morgan fingerprint density at radius 1 is 1.36 bits per heavy atom. The Morgan fingerprint density at radius 2 is 2.14 bits per heavy atom. The standard InChI is InChI=1S/C12H20N2/c1-3-11(8-7-10(2)13)12-6-4-5-9-14-12/h4-6,9-11H,3,7-8,13H2,1-2H3. The van der Waals surface area contributed by atoms with Crippen LogP contribution in [0.15, 0.2) is 24.4 Å². The zero-order valence-corrected chi connectivity index (χ0v) is 9.11. The Morgan fingerprint density at radius 3 is 2.64 bits per heavy atom. The van der Waals surface area contributed by atoms with E-state index >= 15 is 0 Å². The predicted octanol–water partition coefficient (Wildman–Crippen LogP) is 2.70. The summed E-state index contributed by atoms with van der Waals surface area (Å²) in [6.45, 7) is 4.27. The van der Waals surface area contributed by atoms with Crippen molar-refractivity contribution in [2.75, 3.05) is 0 Å². The molecule has 1 aromatic rings. The van der Waals surface area contributed by atoms with Crippen LogP contribution in [0.2, 0.25) is 0 Å². The Labute approximate surface area is 86.5 Å². The number of hydrogen-bond acceptors (Lipinski definition) is 2. The first-order valence-electron chi connectivity index (χ1n) is 5.40. The number of aromatic nitrogens is 1. The molecule has 1 aromatic heterocycles. The molecule has 2 N–H and O–H groups in total. The third-order valence-electron chi connectivity index (χ3n) is 2.57. The van der Waals surface area contributed by atoms with Crippen molar-refractivity contribution in [3.63, 3.8) is 0 Å². The van der Waals surface area contributed by atoms with E-state index in [0.717, 1.165) is 19.3 Å². The zero-order valence-electron chi connectivity index (χ0n) is 9.11. The maximum atomic E-state index is 5.75. The summed E-state index contributed by atoms with van der Waals surface area (Å²) in [6.07, 6.45) is 5.23. The van der Waals surface area contributed by atoms with Gasteiger partial charge in [0, 0.05) is 23.9 Å². The van der Waals surface area contributed by atoms with E-state index < -0.39 is 0 Å². The minimum atomic E-state index is 0.299. The van der Waals surface area contributed by atoms with Gasteiger partial charge in [-0.3, -0.25) is 4.98 Å². The first-order valence-corrected chi connectivity index (χ1v) is 5.40. The topological polar surface area (TPSA) is 38.9 Å². The molecule has 0 bridgehead atoms. The molecular weight excluding hydrogens is 172 g/mol. The Hall–Kier alpha value is -0.890. The molecule has 14 heavy (non-hydrogen) atoms. The van der Waals surface area contributed by atoms with E-state index in [1.807, 2.05) is 12.3 Å². The fourth-order valence-electron chi connectivity index (χ4n) is 1.64. The summed E-state index contributed by atoms with van der Waals surface area (Å²) in [5.41, 5.74) is 6.96. The molecule has 2 unspecified atom stereocenters. The molecule has 0 spiro atoms. The number of rotatable bonds is 5. The van der Waals surface area contributed by atoms with E-state index in [2.05, 4.69) is 31.0 Å². The van der Waals surface area contributed by atoms with Crippen LogP contribution < -0.4 is 5.73 Å². The first kappa shape index (κ1) is 11.2. The molecular formula is C12H20N2. The highest BCUT2D eigenvalue weighted by atomic mass is 14.7. The molecule has 2 atom stereocenters. The highest BCUT2D eigenvalue weighted by molar-refractivity contribution is 5.09. The van der Waals surface area contributed by atoms with Crippen LogP contribution >= 0.6 is 0 Å². The van der Waals surface area contributed by atoms with Gasteiger partial charge in [-0.15, -0.1) is 0 Å². The van der Waals surface area contributed by atoms with Gasteiger partial charge in [0.2, 0.25) is 0 Å². The third-order valence-corrected chi connectivity index (χ3v) is 2.57. The predicted molar refractivity (Wildman–Crippen MR) is 60.2 cm³/mol. The minimum absolute atomic E-state index is 0.299. The van der Waals surface area contributed by atoms with Gasteiger partial charge in [-0.25, -0.2) is 0 Å². The molecule has 78 valence electrons. The summed E-state index contributed by atoms with van der Waals surface area (Å²) in [7, 11) is 0. The van der Waals surface area contributed by atoms with Gasteiger partial charge in [0.1, 0.15) is 0 Å². The fraction of sp³-hybridized carbons (Fsp3) is 0.583. The molecule has 0 aliphatic carbocycles. The van der Waals surface area contributed by atoms with Crippen LogP contribution in [0.5, 0.6) is 0 Å². The van der Waals surface area contributed by atoms with Crippen molar-refractivity contribution < 1.29 is 0 Å². The van der Waals surface area contributed by atoms with Gasteiger partial charge < -0.3 is 5.73 Å². The number of nitrogens with zero attached hydrogens (tertiary/aromatic N) is 1. The maximum Gasteiger partial charge on any atom is 0.0434 e. The largest absolute Gasteiger partial charge is 0.328 e. The molecule has 0 fully saturated rings. The van der Waals surface area contributed by atoms with Gasteiger partial charge in [0.25, 0.3) is 0 Å². The van der Waals surface area contributed by atoms with E-state index in [9.17, 15) is 0 Å². The Kier molecular flexibility index (Phi) is 4.60. The lowest BCUT2D eigenvalue weighted by Crippen LogP contribution is -2.16. The van der Waals surface area contributed by atoms with E-state index in [-0.39, 0.29) is 0 Å². The van der Waals surface area contributed by atoms with Crippen LogP contribution in [-0.4, -0.2) is 11.0 Å². The number of nitrogens with two attached hydrogens (primary N) is 1. The summed E-state index contributed by atoms with van der Waals surface area (Å²) in [5.74, 6) is 0.571. The fourth-order valence-corrected chi connectivity index (χ4v) is 1.64. The zero-order chi connectivity index (χ0) is 10.4. The summed E-state index contributed by atoms with van der Waals surface area (Å²) in [5, 5.41) is 0. The van der Waals surface area contributed by atoms with Crippen molar-refractivity contribution in [2.45, 2.75) is 45.1 Å². The van der Waals surface area contributed by atoms with Crippen molar-refractivity contribution in [3.8, 4) is 0 Å². The smallest absolute Gasteiger partial charge is 0.0434 e. The second-order valence-corrected chi connectivity index (χ2v) is 3.91. The van der Waals surface area contributed by atoms with Crippen molar-refractivity contribution in [3.05, 3.63) is 30.1 Å². The van der Waals surface area contributed by atoms with Crippen LogP contribution in [0.1, 0.15) is 44.7 Å². The Bertz CT molecular complexity index is 244. The molecule has 0 saturated heterocycles.